The van der Waals surface area contributed by atoms with Gasteiger partial charge in [-0.1, -0.05) is 17.3 Å². The van der Waals surface area contributed by atoms with Gasteiger partial charge in [-0.05, 0) is 36.4 Å². The van der Waals surface area contributed by atoms with E-state index in [1.54, 1.807) is 0 Å². The van der Waals surface area contributed by atoms with Crippen molar-refractivity contribution in [3.05, 3.63) is 48.5 Å². The van der Waals surface area contributed by atoms with E-state index in [0.717, 1.165) is 22.3 Å². The van der Waals surface area contributed by atoms with Crippen molar-refractivity contribution >= 4 is 28.2 Å². The maximum absolute atomic E-state index is 5.63. The summed E-state index contributed by atoms with van der Waals surface area (Å²) in [5.41, 5.74) is 8.06. The van der Waals surface area contributed by atoms with Gasteiger partial charge >= 0.3 is 0 Å². The first-order valence-corrected chi connectivity index (χ1v) is 5.30. The van der Waals surface area contributed by atoms with Crippen LogP contribution < -0.4 is 11.1 Å². The fraction of sp³-hybridized carbons (Fsp3) is 0. The molecule has 4 nitrogen and oxygen atoms in total. The van der Waals surface area contributed by atoms with E-state index in [-0.39, 0.29) is 0 Å². The maximum Gasteiger partial charge on any atom is 0.181 e. The summed E-state index contributed by atoms with van der Waals surface area (Å²) in [5, 5.41) is 8.15. The number of fused-ring (bicyclic) bond motifs is 1. The van der Waals surface area contributed by atoms with Gasteiger partial charge in [0.1, 0.15) is 0 Å². The van der Waals surface area contributed by atoms with Gasteiger partial charge in [-0.3, -0.25) is 0 Å². The molecule has 0 atom stereocenters. The van der Waals surface area contributed by atoms with Crippen molar-refractivity contribution < 1.29 is 4.52 Å². The monoisotopic (exact) mass is 225 g/mol. The molecule has 2 aromatic carbocycles. The lowest BCUT2D eigenvalue weighted by Gasteiger charge is -2.02. The highest BCUT2D eigenvalue weighted by atomic mass is 16.5. The molecule has 4 heteroatoms. The zero-order valence-corrected chi connectivity index (χ0v) is 9.05. The number of nitrogens with two attached hydrogens (primary N) is 1. The summed E-state index contributed by atoms with van der Waals surface area (Å²) in [6.45, 7) is 0. The highest BCUT2D eigenvalue weighted by Crippen LogP contribution is 2.25. The molecule has 0 aliphatic rings. The molecule has 3 rings (SSSR count). The van der Waals surface area contributed by atoms with Crippen molar-refractivity contribution in [2.75, 3.05) is 11.1 Å². The van der Waals surface area contributed by atoms with E-state index in [9.17, 15) is 0 Å². The van der Waals surface area contributed by atoms with Crippen LogP contribution in [0.25, 0.3) is 11.0 Å². The Labute approximate surface area is 98.0 Å². The van der Waals surface area contributed by atoms with Crippen LogP contribution >= 0.6 is 0 Å². The Kier molecular flexibility index (Phi) is 2.19. The highest BCUT2D eigenvalue weighted by Gasteiger charge is 2.06. The van der Waals surface area contributed by atoms with Crippen molar-refractivity contribution in [2.24, 2.45) is 0 Å². The van der Waals surface area contributed by atoms with Crippen molar-refractivity contribution in [1.82, 2.24) is 5.16 Å². The molecule has 0 saturated carbocycles. The fourth-order valence-electron chi connectivity index (χ4n) is 1.68. The third-order valence-corrected chi connectivity index (χ3v) is 2.55. The zero-order valence-electron chi connectivity index (χ0n) is 9.05. The molecule has 84 valence electrons. The van der Waals surface area contributed by atoms with E-state index in [2.05, 4.69) is 10.5 Å². The number of nitrogens with zero attached hydrogens (tertiary/aromatic N) is 1. The summed E-state index contributed by atoms with van der Waals surface area (Å²) in [7, 11) is 0. The van der Waals surface area contributed by atoms with E-state index in [4.69, 9.17) is 10.3 Å². The molecule has 3 N–H and O–H groups in total. The fourth-order valence-corrected chi connectivity index (χ4v) is 1.68. The van der Waals surface area contributed by atoms with Crippen LogP contribution in [-0.2, 0) is 0 Å². The number of para-hydroxylation sites is 1. The summed E-state index contributed by atoms with van der Waals surface area (Å²) in [4.78, 5) is 0. The topological polar surface area (TPSA) is 64.1 Å². The molecule has 1 heterocycles. The molecule has 3 aromatic rings. The minimum Gasteiger partial charge on any atom is -0.399 e. The van der Waals surface area contributed by atoms with Crippen LogP contribution in [0.3, 0.4) is 0 Å². The van der Waals surface area contributed by atoms with Crippen LogP contribution in [0.2, 0.25) is 0 Å². The molecule has 0 amide bonds. The second-order valence-corrected chi connectivity index (χ2v) is 3.77. The van der Waals surface area contributed by atoms with E-state index < -0.39 is 0 Å². The Morgan fingerprint density at radius 3 is 2.59 bits per heavy atom. The first kappa shape index (κ1) is 9.72. The molecular weight excluding hydrogens is 214 g/mol. The SMILES string of the molecule is Nc1ccc(Nc2noc3ccccc23)cc1. The number of anilines is 3. The Morgan fingerprint density at radius 2 is 1.76 bits per heavy atom. The first-order valence-electron chi connectivity index (χ1n) is 5.30. The van der Waals surface area contributed by atoms with Crippen LogP contribution in [0.4, 0.5) is 17.2 Å². The van der Waals surface area contributed by atoms with Crippen LogP contribution in [0.5, 0.6) is 0 Å². The third-order valence-electron chi connectivity index (χ3n) is 2.55. The lowest BCUT2D eigenvalue weighted by Crippen LogP contribution is -1.91. The Hall–Kier alpha value is -2.49. The number of aromatic nitrogens is 1. The second kappa shape index (κ2) is 3.83. The quantitative estimate of drug-likeness (QED) is 0.657. The summed E-state index contributed by atoms with van der Waals surface area (Å²) in [6, 6.07) is 15.2. The lowest BCUT2D eigenvalue weighted by molar-refractivity contribution is 0.460. The Balaban J connectivity index is 1.97. The van der Waals surface area contributed by atoms with Crippen LogP contribution in [0.15, 0.2) is 53.1 Å². The number of nitrogen functional groups attached to an aromatic ring is 1. The van der Waals surface area contributed by atoms with E-state index >= 15 is 0 Å². The first-order chi connectivity index (χ1) is 8.33. The number of benzene rings is 2. The minimum atomic E-state index is 0.713. The summed E-state index contributed by atoms with van der Waals surface area (Å²) >= 11 is 0. The summed E-state index contributed by atoms with van der Waals surface area (Å²) < 4.78 is 5.21. The average molecular weight is 225 g/mol. The predicted molar refractivity (Wildman–Crippen MR) is 68.1 cm³/mol. The van der Waals surface area contributed by atoms with Gasteiger partial charge in [-0.25, -0.2) is 0 Å². The number of rotatable bonds is 2. The molecule has 0 unspecified atom stereocenters. The van der Waals surface area contributed by atoms with E-state index in [1.165, 1.54) is 0 Å². The molecule has 0 aliphatic heterocycles. The van der Waals surface area contributed by atoms with E-state index in [0.29, 0.717) is 5.82 Å². The molecule has 17 heavy (non-hydrogen) atoms. The zero-order chi connectivity index (χ0) is 11.7. The molecule has 0 fully saturated rings. The number of hydrogen-bond donors (Lipinski definition) is 2. The average Bonchev–Trinajstić information content (AvgIpc) is 2.76. The molecule has 0 aliphatic carbocycles. The Morgan fingerprint density at radius 1 is 1.00 bits per heavy atom. The maximum atomic E-state index is 5.63. The van der Waals surface area contributed by atoms with Crippen molar-refractivity contribution in [3.63, 3.8) is 0 Å². The second-order valence-electron chi connectivity index (χ2n) is 3.77. The van der Waals surface area contributed by atoms with Gasteiger partial charge in [0.2, 0.25) is 0 Å². The summed E-state index contributed by atoms with van der Waals surface area (Å²) in [5.74, 6) is 0.713. The van der Waals surface area contributed by atoms with Gasteiger partial charge in [0.15, 0.2) is 11.4 Å². The molecule has 0 bridgehead atoms. The highest BCUT2D eigenvalue weighted by molar-refractivity contribution is 5.89. The number of nitrogens with one attached hydrogen (secondary N) is 1. The minimum absolute atomic E-state index is 0.713. The summed E-state index contributed by atoms with van der Waals surface area (Å²) in [6.07, 6.45) is 0. The van der Waals surface area contributed by atoms with Gasteiger partial charge in [-0.15, -0.1) is 0 Å². The largest absolute Gasteiger partial charge is 0.399 e. The van der Waals surface area contributed by atoms with Crippen molar-refractivity contribution in [1.29, 1.82) is 0 Å². The van der Waals surface area contributed by atoms with Crippen LogP contribution in [0, 0.1) is 0 Å². The van der Waals surface area contributed by atoms with Gasteiger partial charge < -0.3 is 15.6 Å². The normalized spacial score (nSPS) is 10.6. The van der Waals surface area contributed by atoms with Gasteiger partial charge in [-0.2, -0.15) is 0 Å². The third kappa shape index (κ3) is 1.80. The standard InChI is InChI=1S/C13H11N3O/c14-9-5-7-10(8-6-9)15-13-11-3-1-2-4-12(11)17-16-13/h1-8H,14H2,(H,15,16). The van der Waals surface area contributed by atoms with Crippen molar-refractivity contribution in [3.8, 4) is 0 Å². The smallest absolute Gasteiger partial charge is 0.181 e. The predicted octanol–water partition coefficient (Wildman–Crippen LogP) is 3.15. The molecule has 0 saturated heterocycles. The van der Waals surface area contributed by atoms with Gasteiger partial charge in [0.25, 0.3) is 0 Å². The van der Waals surface area contributed by atoms with E-state index in [1.807, 2.05) is 48.5 Å². The van der Waals surface area contributed by atoms with Gasteiger partial charge in [0.05, 0.1) is 5.39 Å². The Bertz CT molecular complexity index is 643. The molecule has 1 aromatic heterocycles. The lowest BCUT2D eigenvalue weighted by atomic mass is 10.2. The van der Waals surface area contributed by atoms with Crippen molar-refractivity contribution in [2.45, 2.75) is 0 Å². The molecule has 0 radical (unpaired) electrons. The molecule has 0 spiro atoms. The van der Waals surface area contributed by atoms with Crippen LogP contribution in [-0.4, -0.2) is 5.16 Å². The van der Waals surface area contributed by atoms with Crippen LogP contribution in [0.1, 0.15) is 0 Å². The van der Waals surface area contributed by atoms with Gasteiger partial charge in [0, 0.05) is 11.4 Å². The number of hydrogen-bond acceptors (Lipinski definition) is 4. The molecular formula is C13H11N3O.